The van der Waals surface area contributed by atoms with Gasteiger partial charge in [-0.1, -0.05) is 45.7 Å². The molecule has 1 saturated heterocycles. The molecule has 0 spiro atoms. The summed E-state index contributed by atoms with van der Waals surface area (Å²) in [4.78, 5) is 53.8. The van der Waals surface area contributed by atoms with E-state index in [9.17, 15) is 19.2 Å². The number of nitrogens with zero attached hydrogens (tertiary/aromatic N) is 2. The van der Waals surface area contributed by atoms with Gasteiger partial charge in [0.25, 0.3) is 11.8 Å². The van der Waals surface area contributed by atoms with Crippen LogP contribution in [0.2, 0.25) is 5.02 Å². The molecule has 1 N–H and O–H groups in total. The molecule has 194 valence electrons. The van der Waals surface area contributed by atoms with Gasteiger partial charge in [0.2, 0.25) is 19.8 Å². The summed E-state index contributed by atoms with van der Waals surface area (Å²) in [6.45, 7) is 0. The molecule has 1 fully saturated rings. The molecule has 2 unspecified atom stereocenters. The van der Waals surface area contributed by atoms with E-state index in [0.29, 0.717) is 33.1 Å². The fourth-order valence-corrected chi connectivity index (χ4v) is 6.24. The molecular weight excluding hydrogens is 519 g/mol. The molecule has 0 aromatic heterocycles. The third-order valence-corrected chi connectivity index (χ3v) is 8.67. The van der Waals surface area contributed by atoms with Crippen molar-refractivity contribution in [1.29, 1.82) is 0 Å². The lowest BCUT2D eigenvalue weighted by molar-refractivity contribution is -0.155. The van der Waals surface area contributed by atoms with Gasteiger partial charge in [0.1, 0.15) is 53.1 Å². The van der Waals surface area contributed by atoms with Crippen LogP contribution < -0.4 is 21.7 Å². The monoisotopic (exact) mass is 545 g/mol. The van der Waals surface area contributed by atoms with E-state index in [4.69, 9.17) is 11.6 Å². The minimum Gasteiger partial charge on any atom is -0.393 e. The quantitative estimate of drug-likeness (QED) is 0.300. The van der Waals surface area contributed by atoms with Gasteiger partial charge < -0.3 is 9.71 Å². The average Bonchev–Trinajstić information content (AvgIpc) is 3.12. The lowest BCUT2D eigenvalue weighted by Gasteiger charge is -2.42. The van der Waals surface area contributed by atoms with Crippen LogP contribution in [0, 0.1) is 0 Å². The first-order valence-corrected chi connectivity index (χ1v) is 13.1. The fraction of sp³-hybridized carbons (Fsp3) is 0.273. The minimum absolute atomic E-state index is 0.132. The van der Waals surface area contributed by atoms with Crippen LogP contribution in [0.1, 0.15) is 45.8 Å². The maximum absolute atomic E-state index is 15.4. The summed E-state index contributed by atoms with van der Waals surface area (Å²) in [6.07, 6.45) is 0.356. The summed E-state index contributed by atoms with van der Waals surface area (Å²) in [6, 6.07) is 4.10. The van der Waals surface area contributed by atoms with Gasteiger partial charge in [-0.2, -0.15) is 8.78 Å². The summed E-state index contributed by atoms with van der Waals surface area (Å²) in [5.74, 6) is -6.86. The first kappa shape index (κ1) is 29.1. The molecule has 2 heterocycles. The summed E-state index contributed by atoms with van der Waals surface area (Å²) in [5, 5.41) is 1.41. The van der Waals surface area contributed by atoms with Crippen molar-refractivity contribution in [2.24, 2.45) is 0 Å². The van der Waals surface area contributed by atoms with Crippen LogP contribution in [0.4, 0.5) is 8.78 Å². The molecule has 2 atom stereocenters. The Morgan fingerprint density at radius 3 is 2.21 bits per heavy atom. The molecule has 39 heavy (non-hydrogen) atoms. The van der Waals surface area contributed by atoms with Crippen molar-refractivity contribution in [3.63, 3.8) is 0 Å². The van der Waals surface area contributed by atoms with Gasteiger partial charge in [0, 0.05) is 28.5 Å². The van der Waals surface area contributed by atoms with Crippen LogP contribution in [0.25, 0.3) is 0 Å². The molecule has 0 aliphatic carbocycles. The number of benzene rings is 2. The predicted molar refractivity (Wildman–Crippen MR) is 164 cm³/mol. The number of halogens is 3. The van der Waals surface area contributed by atoms with E-state index in [2.05, 4.69) is 5.32 Å². The van der Waals surface area contributed by atoms with Crippen molar-refractivity contribution < 1.29 is 28.0 Å². The number of imide groups is 1. The molecule has 0 radical (unpaired) electrons. The molecule has 7 nitrogen and oxygen atoms in total. The van der Waals surface area contributed by atoms with E-state index in [1.54, 1.807) is 23.5 Å². The lowest BCUT2D eigenvalue weighted by atomic mass is 9.49. The predicted octanol–water partition coefficient (Wildman–Crippen LogP) is -6.45. The van der Waals surface area contributed by atoms with Gasteiger partial charge in [-0.05, 0) is 29.5 Å². The Hall–Kier alpha value is -2.88. The number of rotatable bonds is 5. The zero-order chi connectivity index (χ0) is 29.2. The van der Waals surface area contributed by atoms with E-state index in [1.165, 1.54) is 25.0 Å². The highest BCUT2D eigenvalue weighted by Crippen LogP contribution is 2.36. The third kappa shape index (κ3) is 4.54. The Bertz CT molecular complexity index is 1430. The van der Waals surface area contributed by atoms with Crippen LogP contribution >= 0.6 is 11.6 Å². The number of amides is 4. The van der Waals surface area contributed by atoms with E-state index in [1.807, 2.05) is 23.5 Å². The van der Waals surface area contributed by atoms with E-state index in [0.717, 1.165) is 16.9 Å². The Labute approximate surface area is 237 Å². The second kappa shape index (κ2) is 9.95. The van der Waals surface area contributed by atoms with Gasteiger partial charge >= 0.3 is 5.92 Å². The van der Waals surface area contributed by atoms with Crippen LogP contribution in [-0.2, 0) is 25.6 Å². The van der Waals surface area contributed by atoms with Crippen molar-refractivity contribution >= 4 is 107 Å². The zero-order valence-corrected chi connectivity index (χ0v) is 23.8. The van der Waals surface area contributed by atoms with E-state index in [-0.39, 0.29) is 29.7 Å². The number of hydrogen-bond acceptors (Lipinski definition) is 4. The number of alkyl halides is 2. The standard InChI is InChI=1S/C22H25B7ClF2N3O4/c23-14-11-12(19(38)34(17(11)26)9-5-6-10(36)33-18(9)37)15(24)16(25)13(14)22(27,28)35(29)20(39)21(31,32)7-1-3-8(30)4-2-7/h1-4,9,17H,5-6,23-29H2,(H,33,36,37). The molecule has 0 bridgehead atoms. The second-order valence-corrected chi connectivity index (χ2v) is 11.3. The van der Waals surface area contributed by atoms with Crippen molar-refractivity contribution in [3.8, 4) is 0 Å². The van der Waals surface area contributed by atoms with Gasteiger partial charge in [-0.3, -0.25) is 24.5 Å². The van der Waals surface area contributed by atoms with E-state index >= 15 is 8.78 Å². The van der Waals surface area contributed by atoms with Crippen LogP contribution in [-0.4, -0.2) is 94.4 Å². The van der Waals surface area contributed by atoms with Crippen molar-refractivity contribution in [1.82, 2.24) is 15.0 Å². The average molecular weight is 545 g/mol. The molecule has 2 aliphatic heterocycles. The molecule has 4 amide bonds. The minimum atomic E-state index is -3.80. The Balaban J connectivity index is 1.77. The maximum Gasteiger partial charge on any atom is 0.348 e. The largest absolute Gasteiger partial charge is 0.393 e. The highest BCUT2D eigenvalue weighted by Gasteiger charge is 2.49. The second-order valence-electron chi connectivity index (χ2n) is 10.9. The number of piperidine rings is 1. The SMILES string of the molecule is Bc1c(B)c(C(B)(B)N(B)C(=O)C(F)(F)c2ccc(Cl)cc2)c(B)c2c1C(=O)N(C1CCC(=O)NC1=O)C2B. The number of carbonyl (C=O) groups is 4. The van der Waals surface area contributed by atoms with Crippen molar-refractivity contribution in [3.05, 3.63) is 51.5 Å². The third-order valence-electron chi connectivity index (χ3n) is 8.42. The molecular formula is C22H25B7ClF2N3O4. The summed E-state index contributed by atoms with van der Waals surface area (Å²) >= 11 is 5.84. The van der Waals surface area contributed by atoms with Gasteiger partial charge in [0.15, 0.2) is 0 Å². The first-order chi connectivity index (χ1) is 18.0. The Morgan fingerprint density at radius 1 is 1.05 bits per heavy atom. The van der Waals surface area contributed by atoms with Gasteiger partial charge in [0.05, 0.1) is 0 Å². The molecule has 0 saturated carbocycles. The Morgan fingerprint density at radius 2 is 1.64 bits per heavy atom. The van der Waals surface area contributed by atoms with Gasteiger partial charge in [-0.25, -0.2) is 0 Å². The topological polar surface area (TPSA) is 86.8 Å². The maximum atomic E-state index is 15.4. The van der Waals surface area contributed by atoms with Crippen molar-refractivity contribution in [2.75, 3.05) is 0 Å². The van der Waals surface area contributed by atoms with Crippen LogP contribution in [0.5, 0.6) is 0 Å². The fourth-order valence-electron chi connectivity index (χ4n) is 6.11. The van der Waals surface area contributed by atoms with Crippen LogP contribution in [0.15, 0.2) is 24.3 Å². The summed E-state index contributed by atoms with van der Waals surface area (Å²) in [7, 11) is 12.0. The summed E-state index contributed by atoms with van der Waals surface area (Å²) < 4.78 is 30.7. The number of nitrogens with one attached hydrogen (secondary N) is 1. The van der Waals surface area contributed by atoms with E-state index < -0.39 is 40.6 Å². The Kier molecular flexibility index (Phi) is 7.43. The zero-order valence-electron chi connectivity index (χ0n) is 23.0. The molecule has 2 aliphatic rings. The highest BCUT2D eigenvalue weighted by molar-refractivity contribution is 6.57. The highest BCUT2D eigenvalue weighted by atomic mass is 35.5. The molecule has 2 aromatic rings. The lowest BCUT2D eigenvalue weighted by Crippen LogP contribution is -2.59. The first-order valence-electron chi connectivity index (χ1n) is 12.8. The normalized spacial score (nSPS) is 19.6. The van der Waals surface area contributed by atoms with Crippen LogP contribution in [0.3, 0.4) is 0 Å². The molecule has 4 rings (SSSR count). The number of fused-ring (bicyclic) bond motifs is 1. The molecule has 17 heteroatoms. The smallest absolute Gasteiger partial charge is 0.348 e. The number of carbonyl (C=O) groups excluding carboxylic acids is 4. The van der Waals surface area contributed by atoms with Gasteiger partial charge in [-0.15, -0.1) is 0 Å². The summed E-state index contributed by atoms with van der Waals surface area (Å²) in [5.41, 5.74) is 3.43. The molecule has 2 aromatic carbocycles. The van der Waals surface area contributed by atoms with Crippen molar-refractivity contribution in [2.45, 2.75) is 36.1 Å². The number of hydrogen-bond donors (Lipinski definition) is 1.